The van der Waals surface area contributed by atoms with Gasteiger partial charge in [0, 0.05) is 13.0 Å². The van der Waals surface area contributed by atoms with Crippen LogP contribution in [0.15, 0.2) is 4.99 Å². The lowest BCUT2D eigenvalue weighted by molar-refractivity contribution is -0.145. The minimum Gasteiger partial charge on any atom is -0.469 e. The number of rotatable bonds is 1. The van der Waals surface area contributed by atoms with Crippen molar-refractivity contribution < 1.29 is 35.7 Å². The Labute approximate surface area is 118 Å². The summed E-state index contributed by atoms with van der Waals surface area (Å²) in [7, 11) is -4.40. The highest BCUT2D eigenvalue weighted by molar-refractivity contribution is 8.13. The van der Waals surface area contributed by atoms with Gasteiger partial charge in [0.2, 0.25) is 0 Å². The predicted molar refractivity (Wildman–Crippen MR) is 68.2 cm³/mol. The van der Waals surface area contributed by atoms with Crippen LogP contribution in [0.2, 0.25) is 0 Å². The van der Waals surface area contributed by atoms with Crippen molar-refractivity contribution in [3.8, 4) is 0 Å². The second-order valence-electron chi connectivity index (χ2n) is 3.61. The van der Waals surface area contributed by atoms with Crippen molar-refractivity contribution in [3.63, 3.8) is 0 Å². The van der Waals surface area contributed by atoms with E-state index in [0.29, 0.717) is 0 Å². The third-order valence-corrected chi connectivity index (χ3v) is 3.60. The van der Waals surface area contributed by atoms with Crippen LogP contribution in [0, 0.1) is 5.92 Å². The summed E-state index contributed by atoms with van der Waals surface area (Å²) in [4.78, 5) is 15.4. The normalized spacial score (nSPS) is 19.5. The van der Waals surface area contributed by atoms with E-state index < -0.39 is 15.6 Å². The van der Waals surface area contributed by atoms with Gasteiger partial charge in [0.1, 0.15) is 0 Å². The van der Waals surface area contributed by atoms with E-state index in [1.165, 1.54) is 7.11 Å². The van der Waals surface area contributed by atoms with Gasteiger partial charge in [0.05, 0.1) is 18.1 Å². The van der Waals surface area contributed by atoms with Crippen LogP contribution in [0.5, 0.6) is 0 Å². The van der Waals surface area contributed by atoms with Gasteiger partial charge in [-0.2, -0.15) is 21.6 Å². The molecule has 11 heteroatoms. The topological polar surface area (TPSA) is 93.0 Å². The monoisotopic (exact) mass is 337 g/mol. The third-order valence-electron chi connectivity index (χ3n) is 2.25. The number of nitrogens with zero attached hydrogens (tertiary/aromatic N) is 1. The molecule has 6 nitrogen and oxygen atoms in total. The van der Waals surface area contributed by atoms with E-state index in [2.05, 4.69) is 9.73 Å². The van der Waals surface area contributed by atoms with Gasteiger partial charge in [0.15, 0.2) is 0 Å². The van der Waals surface area contributed by atoms with Crippen molar-refractivity contribution in [1.29, 1.82) is 0 Å². The minimum absolute atomic E-state index is 0.0370. The van der Waals surface area contributed by atoms with E-state index in [1.54, 1.807) is 11.8 Å². The van der Waals surface area contributed by atoms with Crippen molar-refractivity contribution in [2.75, 3.05) is 19.9 Å². The molecule has 0 saturated carbocycles. The first-order valence-electron chi connectivity index (χ1n) is 5.21. The Morgan fingerprint density at radius 1 is 1.50 bits per heavy atom. The molecule has 0 bridgehead atoms. The summed E-state index contributed by atoms with van der Waals surface area (Å²) < 4.78 is 62.2. The van der Waals surface area contributed by atoms with Crippen molar-refractivity contribution in [2.24, 2.45) is 10.9 Å². The summed E-state index contributed by atoms with van der Waals surface area (Å²) in [6, 6.07) is 0. The lowest BCUT2D eigenvalue weighted by Gasteiger charge is -2.18. The van der Waals surface area contributed by atoms with Gasteiger partial charge in [-0.3, -0.25) is 14.3 Å². The van der Waals surface area contributed by atoms with Crippen LogP contribution < -0.4 is 0 Å². The number of hydrogen-bond acceptors (Lipinski definition) is 6. The van der Waals surface area contributed by atoms with Gasteiger partial charge in [0.25, 0.3) is 0 Å². The molecule has 0 aromatic carbocycles. The average molecular weight is 337 g/mol. The van der Waals surface area contributed by atoms with E-state index in [4.69, 9.17) is 13.0 Å². The molecule has 0 radical (unpaired) electrons. The highest BCUT2D eigenvalue weighted by Gasteiger charge is 2.44. The molecule has 1 atom stereocenters. The van der Waals surface area contributed by atoms with Crippen molar-refractivity contribution in [1.82, 2.24) is 0 Å². The Hall–Kier alpha value is -0.810. The fraction of sp³-hybridized carbons (Fsp3) is 0.778. The number of thioether (sulfide) groups is 1. The summed E-state index contributed by atoms with van der Waals surface area (Å²) in [5, 5.41) is 1.07. The molecule has 1 heterocycles. The van der Waals surface area contributed by atoms with E-state index in [9.17, 15) is 18.0 Å². The number of alkyl halides is 3. The van der Waals surface area contributed by atoms with Gasteiger partial charge in [-0.25, -0.2) is 0 Å². The first-order valence-corrected chi connectivity index (χ1v) is 7.88. The van der Waals surface area contributed by atoms with Gasteiger partial charge >= 0.3 is 21.6 Å². The lowest BCUT2D eigenvalue weighted by atomic mass is 10.0. The highest BCUT2D eigenvalue weighted by atomic mass is 32.2. The molecule has 0 spiro atoms. The number of hydrogen-bond donors (Lipinski definition) is 1. The first kappa shape index (κ1) is 19.2. The van der Waals surface area contributed by atoms with Gasteiger partial charge in [-0.15, -0.1) is 11.8 Å². The SMILES string of the molecule is COC(=O)C1CCN=C(SC)C1.O=S(=O)(O)C(F)(F)F. The van der Waals surface area contributed by atoms with Crippen LogP contribution in [-0.4, -0.2) is 49.4 Å². The van der Waals surface area contributed by atoms with Crippen LogP contribution in [0.3, 0.4) is 0 Å². The molecular formula is C9H14F3NO5S2. The molecule has 0 aromatic heterocycles. The molecule has 20 heavy (non-hydrogen) atoms. The smallest absolute Gasteiger partial charge is 0.469 e. The number of esters is 1. The van der Waals surface area contributed by atoms with Crippen LogP contribution in [-0.2, 0) is 19.6 Å². The maximum absolute atomic E-state index is 11.1. The van der Waals surface area contributed by atoms with Crippen molar-refractivity contribution >= 4 is 32.9 Å². The van der Waals surface area contributed by atoms with E-state index in [-0.39, 0.29) is 11.9 Å². The number of ether oxygens (including phenoxy) is 1. The molecule has 0 aliphatic carbocycles. The molecule has 1 aliphatic heterocycles. The summed E-state index contributed by atoms with van der Waals surface area (Å²) in [6.07, 6.45) is 3.57. The second-order valence-corrected chi connectivity index (χ2v) is 5.91. The van der Waals surface area contributed by atoms with E-state index in [0.717, 1.165) is 24.4 Å². The summed E-state index contributed by atoms with van der Waals surface area (Å²) in [5.41, 5.74) is -5.53. The number of carbonyl (C=O) groups is 1. The molecule has 0 saturated heterocycles. The molecule has 1 aliphatic rings. The zero-order chi connectivity index (χ0) is 16.0. The Morgan fingerprint density at radius 2 is 2.00 bits per heavy atom. The molecule has 1 unspecified atom stereocenters. The fourth-order valence-electron chi connectivity index (χ4n) is 1.24. The molecular weight excluding hydrogens is 323 g/mol. The molecule has 1 rings (SSSR count). The maximum Gasteiger partial charge on any atom is 0.522 e. The minimum atomic E-state index is -5.84. The maximum atomic E-state index is 11.1. The van der Waals surface area contributed by atoms with E-state index in [1.807, 2.05) is 6.26 Å². The predicted octanol–water partition coefficient (Wildman–Crippen LogP) is 1.72. The third kappa shape index (κ3) is 6.57. The zero-order valence-electron chi connectivity index (χ0n) is 10.7. The Kier molecular flexibility index (Phi) is 7.52. The molecule has 0 aromatic rings. The Morgan fingerprint density at radius 3 is 2.35 bits per heavy atom. The van der Waals surface area contributed by atoms with E-state index >= 15 is 0 Å². The van der Waals surface area contributed by atoms with Crippen LogP contribution in [0.25, 0.3) is 0 Å². The number of aliphatic imine (C=N–C) groups is 1. The summed E-state index contributed by atoms with van der Waals surface area (Å²) >= 11 is 1.62. The largest absolute Gasteiger partial charge is 0.522 e. The molecule has 118 valence electrons. The van der Waals surface area contributed by atoms with Crippen LogP contribution in [0.4, 0.5) is 13.2 Å². The fourth-order valence-corrected chi connectivity index (χ4v) is 1.83. The van der Waals surface area contributed by atoms with Gasteiger partial charge in [-0.1, -0.05) is 0 Å². The highest BCUT2D eigenvalue weighted by Crippen LogP contribution is 2.21. The Bertz CT molecular complexity index is 461. The lowest BCUT2D eigenvalue weighted by Crippen LogP contribution is -2.23. The molecule has 0 fully saturated rings. The number of halogens is 3. The summed E-state index contributed by atoms with van der Waals surface area (Å²) in [5.74, 6) is -0.0635. The van der Waals surface area contributed by atoms with Gasteiger partial charge in [-0.05, 0) is 12.7 Å². The Balaban J connectivity index is 0.000000396. The van der Waals surface area contributed by atoms with Crippen LogP contribution >= 0.6 is 11.8 Å². The number of methoxy groups -OCH3 is 1. The quantitative estimate of drug-likeness (QED) is 0.445. The van der Waals surface area contributed by atoms with Crippen molar-refractivity contribution in [3.05, 3.63) is 0 Å². The number of carbonyl (C=O) groups excluding carboxylic acids is 1. The standard InChI is InChI=1S/C8H13NO2S.CHF3O3S/c1-11-8(10)6-3-4-9-7(5-6)12-2;2-1(3,4)8(5,6)7/h6H,3-5H2,1-2H3;(H,5,6,7). The van der Waals surface area contributed by atoms with Crippen molar-refractivity contribution in [2.45, 2.75) is 18.3 Å². The summed E-state index contributed by atoms with van der Waals surface area (Å²) in [6.45, 7) is 0.760. The molecule has 1 N–H and O–H groups in total. The van der Waals surface area contributed by atoms with Crippen LogP contribution in [0.1, 0.15) is 12.8 Å². The zero-order valence-corrected chi connectivity index (χ0v) is 12.3. The first-order chi connectivity index (χ1) is 9.02. The van der Waals surface area contributed by atoms with Gasteiger partial charge < -0.3 is 4.74 Å². The second kappa shape index (κ2) is 7.84. The molecule has 0 amide bonds. The average Bonchev–Trinajstić information content (AvgIpc) is 2.36.